The van der Waals surface area contributed by atoms with E-state index in [1.54, 1.807) is 0 Å². The van der Waals surface area contributed by atoms with Crippen molar-refractivity contribution in [3.8, 4) is 0 Å². The molecule has 218 valence electrons. The molecule has 2 nitrogen and oxygen atoms in total. The third-order valence-corrected chi connectivity index (χ3v) is 10.1. The van der Waals surface area contributed by atoms with Crippen LogP contribution in [0.1, 0.15) is 146 Å². The Morgan fingerprint density at radius 1 is 0.585 bits per heavy atom. The van der Waals surface area contributed by atoms with Crippen molar-refractivity contribution in [2.75, 3.05) is 0 Å². The molecule has 5 rings (SSSR count). The summed E-state index contributed by atoms with van der Waals surface area (Å²) in [5, 5.41) is 0. The normalized spacial score (nSPS) is 19.2. The lowest BCUT2D eigenvalue weighted by atomic mass is 9.62. The number of hydrogen-bond acceptors (Lipinski definition) is 2. The van der Waals surface area contributed by atoms with Crippen LogP contribution in [0.5, 0.6) is 0 Å². The topological polar surface area (TPSA) is 34.1 Å². The maximum atomic E-state index is 13.0. The molecule has 0 unspecified atom stereocenters. The Balaban J connectivity index is 0.000000201. The molecule has 0 atom stereocenters. The summed E-state index contributed by atoms with van der Waals surface area (Å²) in [6, 6.07) is 16.7. The number of carbonyl (C=O) groups is 2. The van der Waals surface area contributed by atoms with E-state index in [1.165, 1.54) is 47.1 Å². The lowest BCUT2D eigenvalue weighted by Crippen LogP contribution is -2.34. The second-order valence-electron chi connectivity index (χ2n) is 15.3. The largest absolute Gasteiger partial charge is 0.298 e. The molecule has 0 amide bonds. The summed E-state index contributed by atoms with van der Waals surface area (Å²) in [5.74, 6) is 0.134. The SMILES string of the molecule is Cc1cc2c(cc1C=O)C(C)(C)CCC2(C)C.Cc1ccc(C(=O)c2cc3c(cc2C)C(C)(C)CCC3(C)C)cc1. The van der Waals surface area contributed by atoms with Gasteiger partial charge in [-0.2, -0.15) is 0 Å². The molecule has 0 fully saturated rings. The summed E-state index contributed by atoms with van der Waals surface area (Å²) in [7, 11) is 0. The zero-order valence-corrected chi connectivity index (χ0v) is 27.3. The lowest BCUT2D eigenvalue weighted by Gasteiger charge is -2.42. The fourth-order valence-electron chi connectivity index (χ4n) is 6.69. The van der Waals surface area contributed by atoms with E-state index in [9.17, 15) is 9.59 Å². The van der Waals surface area contributed by atoms with Crippen LogP contribution in [0.3, 0.4) is 0 Å². The molecular weight excluding hydrogens is 500 g/mol. The molecule has 2 aliphatic rings. The molecule has 0 heterocycles. The van der Waals surface area contributed by atoms with E-state index in [-0.39, 0.29) is 27.4 Å². The minimum atomic E-state index is 0.126. The Bertz CT molecular complexity index is 1480. The smallest absolute Gasteiger partial charge is 0.193 e. The second-order valence-corrected chi connectivity index (χ2v) is 15.3. The summed E-state index contributed by atoms with van der Waals surface area (Å²) < 4.78 is 0. The van der Waals surface area contributed by atoms with E-state index in [1.807, 2.05) is 38.1 Å². The fourth-order valence-corrected chi connectivity index (χ4v) is 6.69. The van der Waals surface area contributed by atoms with Gasteiger partial charge in [0.05, 0.1) is 0 Å². The van der Waals surface area contributed by atoms with Crippen LogP contribution in [0.4, 0.5) is 0 Å². The van der Waals surface area contributed by atoms with E-state index >= 15 is 0 Å². The van der Waals surface area contributed by atoms with Gasteiger partial charge in [0.25, 0.3) is 0 Å². The number of aryl methyl sites for hydroxylation is 3. The van der Waals surface area contributed by atoms with Crippen LogP contribution in [0.15, 0.2) is 48.5 Å². The van der Waals surface area contributed by atoms with Gasteiger partial charge in [0.2, 0.25) is 0 Å². The quantitative estimate of drug-likeness (QED) is 0.240. The zero-order chi connectivity index (χ0) is 30.5. The Hall–Kier alpha value is -3.00. The molecule has 2 aliphatic carbocycles. The molecule has 0 saturated heterocycles. The number of hydrogen-bond donors (Lipinski definition) is 0. The highest BCUT2D eigenvalue weighted by Gasteiger charge is 2.38. The van der Waals surface area contributed by atoms with Crippen LogP contribution in [0, 0.1) is 20.8 Å². The van der Waals surface area contributed by atoms with Crippen molar-refractivity contribution in [1.82, 2.24) is 0 Å². The molecule has 0 bridgehead atoms. The number of aldehydes is 1. The standard InChI is InChI=1S/C23H28O.C16H22O/c1-15-7-9-17(10-8-15)21(24)18-14-20-19(13-16(18)2)22(3,4)11-12-23(20,5)6;1-11-8-13-14(9-12(11)10-17)16(4,5)7-6-15(13,2)3/h7-10,13-14H,11-12H2,1-6H3;8-10H,6-7H2,1-5H3. The van der Waals surface area contributed by atoms with Crippen LogP contribution in [0.2, 0.25) is 0 Å². The first-order chi connectivity index (χ1) is 18.9. The van der Waals surface area contributed by atoms with Gasteiger partial charge in [-0.25, -0.2) is 0 Å². The second kappa shape index (κ2) is 10.7. The Morgan fingerprint density at radius 3 is 1.41 bits per heavy atom. The van der Waals surface area contributed by atoms with E-state index in [2.05, 4.69) is 86.6 Å². The highest BCUT2D eigenvalue weighted by molar-refractivity contribution is 6.10. The van der Waals surface area contributed by atoms with E-state index in [0.29, 0.717) is 0 Å². The predicted octanol–water partition coefficient (Wildman–Crippen LogP) is 10.0. The van der Waals surface area contributed by atoms with Crippen LogP contribution < -0.4 is 0 Å². The van der Waals surface area contributed by atoms with E-state index in [4.69, 9.17) is 0 Å². The van der Waals surface area contributed by atoms with Gasteiger partial charge in [0.1, 0.15) is 6.29 Å². The molecule has 0 radical (unpaired) electrons. The molecule has 0 aliphatic heterocycles. The molecule has 41 heavy (non-hydrogen) atoms. The minimum Gasteiger partial charge on any atom is -0.298 e. The van der Waals surface area contributed by atoms with Gasteiger partial charge < -0.3 is 0 Å². The van der Waals surface area contributed by atoms with Crippen molar-refractivity contribution in [3.05, 3.63) is 104 Å². The van der Waals surface area contributed by atoms with Crippen LogP contribution in [-0.2, 0) is 21.7 Å². The maximum Gasteiger partial charge on any atom is 0.193 e. The van der Waals surface area contributed by atoms with Gasteiger partial charge in [0, 0.05) is 16.7 Å². The summed E-state index contributed by atoms with van der Waals surface area (Å²) in [6.07, 6.45) is 5.74. The first kappa shape index (κ1) is 30.9. The maximum absolute atomic E-state index is 13.0. The zero-order valence-electron chi connectivity index (χ0n) is 27.3. The minimum absolute atomic E-state index is 0.126. The van der Waals surface area contributed by atoms with Gasteiger partial charge in [0.15, 0.2) is 5.78 Å². The van der Waals surface area contributed by atoms with E-state index < -0.39 is 0 Å². The monoisotopic (exact) mass is 550 g/mol. The number of ketones is 1. The van der Waals surface area contributed by atoms with Crippen molar-refractivity contribution in [2.24, 2.45) is 0 Å². The first-order valence-corrected chi connectivity index (χ1v) is 15.3. The average molecular weight is 551 g/mol. The van der Waals surface area contributed by atoms with Crippen molar-refractivity contribution < 1.29 is 9.59 Å². The van der Waals surface area contributed by atoms with Crippen molar-refractivity contribution >= 4 is 12.1 Å². The summed E-state index contributed by atoms with van der Waals surface area (Å²) in [6.45, 7) is 24.6. The molecule has 3 aromatic carbocycles. The number of carbonyl (C=O) groups excluding carboxylic acids is 2. The average Bonchev–Trinajstić information content (AvgIpc) is 2.90. The Morgan fingerprint density at radius 2 is 0.976 bits per heavy atom. The summed E-state index contributed by atoms with van der Waals surface area (Å²) >= 11 is 0. The highest BCUT2D eigenvalue weighted by Crippen LogP contribution is 2.47. The summed E-state index contributed by atoms with van der Waals surface area (Å²) in [4.78, 5) is 24.1. The molecule has 2 heteroatoms. The summed E-state index contributed by atoms with van der Waals surface area (Å²) in [5.41, 5.74) is 12.1. The molecule has 0 saturated carbocycles. The van der Waals surface area contributed by atoms with E-state index in [0.717, 1.165) is 40.5 Å². The molecule has 0 N–H and O–H groups in total. The van der Waals surface area contributed by atoms with Gasteiger partial charge in [-0.3, -0.25) is 9.59 Å². The number of benzene rings is 3. The fraction of sp³-hybridized carbons (Fsp3) is 0.487. The Labute approximate surface area is 249 Å². The van der Waals surface area contributed by atoms with Crippen molar-refractivity contribution in [1.29, 1.82) is 0 Å². The van der Waals surface area contributed by atoms with Crippen LogP contribution in [-0.4, -0.2) is 12.1 Å². The van der Waals surface area contributed by atoms with Crippen LogP contribution in [0.25, 0.3) is 0 Å². The lowest BCUT2D eigenvalue weighted by molar-refractivity contribution is 0.103. The molecule has 0 aromatic heterocycles. The Kier molecular flexibility index (Phi) is 8.06. The molecule has 0 spiro atoms. The highest BCUT2D eigenvalue weighted by atomic mass is 16.1. The van der Waals surface area contributed by atoms with Crippen LogP contribution >= 0.6 is 0 Å². The third kappa shape index (κ3) is 5.99. The molecular formula is C39H50O2. The number of rotatable bonds is 3. The predicted molar refractivity (Wildman–Crippen MR) is 173 cm³/mol. The molecule has 3 aromatic rings. The van der Waals surface area contributed by atoms with Gasteiger partial charge >= 0.3 is 0 Å². The van der Waals surface area contributed by atoms with Crippen molar-refractivity contribution in [2.45, 2.75) is 124 Å². The first-order valence-electron chi connectivity index (χ1n) is 15.3. The van der Waals surface area contributed by atoms with Gasteiger partial charge in [-0.1, -0.05) is 97.4 Å². The van der Waals surface area contributed by atoms with Crippen molar-refractivity contribution in [3.63, 3.8) is 0 Å². The number of fused-ring (bicyclic) bond motifs is 2. The van der Waals surface area contributed by atoms with Gasteiger partial charge in [-0.05, 0) is 114 Å². The van der Waals surface area contributed by atoms with Gasteiger partial charge in [-0.15, -0.1) is 0 Å². The third-order valence-electron chi connectivity index (χ3n) is 10.1.